The lowest BCUT2D eigenvalue weighted by Crippen LogP contribution is -2.41. The van der Waals surface area contributed by atoms with E-state index in [9.17, 15) is 19.2 Å². The first-order valence-electron chi connectivity index (χ1n) is 10.4. The Balaban J connectivity index is 4.59. The Labute approximate surface area is 182 Å². The van der Waals surface area contributed by atoms with Crippen molar-refractivity contribution < 1.29 is 39.6 Å². The van der Waals surface area contributed by atoms with Crippen molar-refractivity contribution in [2.45, 2.75) is 32.1 Å². The smallest absolute Gasteiger partial charge is 0.317 e. The van der Waals surface area contributed by atoms with E-state index in [0.29, 0.717) is 71.5 Å². The van der Waals surface area contributed by atoms with Crippen LogP contribution in [0.1, 0.15) is 32.1 Å². The molecule has 0 aromatic heterocycles. The fourth-order valence-corrected chi connectivity index (χ4v) is 3.16. The number of carboxylic acids is 4. The van der Waals surface area contributed by atoms with Crippen LogP contribution >= 0.6 is 0 Å². The number of nitrogens with two attached hydrogens (primary N) is 1. The largest absolute Gasteiger partial charge is 0.481 e. The Morgan fingerprint density at radius 1 is 0.516 bits per heavy atom. The number of unbranched alkanes of at least 4 members (excludes halogenated alkanes) is 2. The van der Waals surface area contributed by atoms with Crippen molar-refractivity contribution in [3.8, 4) is 0 Å². The van der Waals surface area contributed by atoms with Crippen LogP contribution < -0.4 is 5.73 Å². The van der Waals surface area contributed by atoms with Crippen molar-refractivity contribution in [2.75, 3.05) is 65.4 Å². The second-order valence-corrected chi connectivity index (χ2v) is 7.36. The van der Waals surface area contributed by atoms with Gasteiger partial charge in [-0.15, -0.1) is 0 Å². The van der Waals surface area contributed by atoms with Gasteiger partial charge in [-0.25, -0.2) is 0 Å². The molecule has 0 fully saturated rings. The quantitative estimate of drug-likeness (QED) is 0.137. The third-order valence-corrected chi connectivity index (χ3v) is 4.57. The van der Waals surface area contributed by atoms with Crippen molar-refractivity contribution in [1.82, 2.24) is 14.7 Å². The molecule has 0 aliphatic carbocycles. The Bertz CT molecular complexity index is 561. The van der Waals surface area contributed by atoms with Crippen molar-refractivity contribution in [3.63, 3.8) is 0 Å². The summed E-state index contributed by atoms with van der Waals surface area (Å²) in [5.41, 5.74) is 5.49. The molecule has 0 aromatic rings. The lowest BCUT2D eigenvalue weighted by atomic mass is 10.2. The molecule has 0 radical (unpaired) electrons. The summed E-state index contributed by atoms with van der Waals surface area (Å²) in [5.74, 6) is -3.80. The molecule has 0 atom stereocenters. The number of hydrogen-bond donors (Lipinski definition) is 5. The van der Waals surface area contributed by atoms with Crippen molar-refractivity contribution in [2.24, 2.45) is 5.73 Å². The molecule has 0 saturated carbocycles. The lowest BCUT2D eigenvalue weighted by molar-refractivity contribution is -0.140. The minimum Gasteiger partial charge on any atom is -0.481 e. The lowest BCUT2D eigenvalue weighted by Gasteiger charge is -2.27. The molecule has 0 rings (SSSR count). The van der Waals surface area contributed by atoms with E-state index < -0.39 is 23.9 Å². The van der Waals surface area contributed by atoms with Gasteiger partial charge in [0, 0.05) is 45.7 Å². The third-order valence-electron chi connectivity index (χ3n) is 4.57. The topological polar surface area (TPSA) is 185 Å². The maximum atomic E-state index is 11.2. The van der Waals surface area contributed by atoms with Crippen molar-refractivity contribution in [1.29, 1.82) is 0 Å². The van der Waals surface area contributed by atoms with Gasteiger partial charge in [0.1, 0.15) is 0 Å². The molecule has 0 saturated heterocycles. The summed E-state index contributed by atoms with van der Waals surface area (Å²) >= 11 is 0. The van der Waals surface area contributed by atoms with Crippen LogP contribution in [0, 0.1) is 0 Å². The zero-order chi connectivity index (χ0) is 23.6. The summed E-state index contributed by atoms with van der Waals surface area (Å²) < 4.78 is 0. The highest BCUT2D eigenvalue weighted by Crippen LogP contribution is 2.03. The molecular formula is C19H36N4O8. The number of carbonyl (C=O) groups is 4. The number of hydrogen-bond acceptors (Lipinski definition) is 8. The van der Waals surface area contributed by atoms with E-state index in [1.165, 1.54) is 0 Å². The average molecular weight is 449 g/mol. The van der Waals surface area contributed by atoms with Gasteiger partial charge in [0.05, 0.1) is 19.6 Å². The molecule has 12 nitrogen and oxygen atoms in total. The molecule has 0 spiro atoms. The monoisotopic (exact) mass is 448 g/mol. The Kier molecular flexibility index (Phi) is 16.1. The third kappa shape index (κ3) is 18.2. The van der Waals surface area contributed by atoms with Gasteiger partial charge >= 0.3 is 23.9 Å². The van der Waals surface area contributed by atoms with Crippen molar-refractivity contribution in [3.05, 3.63) is 0 Å². The van der Waals surface area contributed by atoms with Gasteiger partial charge in [0.2, 0.25) is 0 Å². The van der Waals surface area contributed by atoms with Crippen LogP contribution in [0.2, 0.25) is 0 Å². The average Bonchev–Trinajstić information content (AvgIpc) is 2.63. The van der Waals surface area contributed by atoms with Gasteiger partial charge < -0.3 is 26.2 Å². The van der Waals surface area contributed by atoms with E-state index in [1.54, 1.807) is 14.7 Å². The van der Waals surface area contributed by atoms with Crippen LogP contribution in [0.15, 0.2) is 0 Å². The van der Waals surface area contributed by atoms with Gasteiger partial charge in [0.25, 0.3) is 0 Å². The summed E-state index contributed by atoms with van der Waals surface area (Å²) in [6.45, 7) is 2.32. The predicted molar refractivity (Wildman–Crippen MR) is 112 cm³/mol. The normalized spacial score (nSPS) is 11.4. The molecule has 0 amide bonds. The van der Waals surface area contributed by atoms with E-state index in [0.717, 1.165) is 0 Å². The van der Waals surface area contributed by atoms with E-state index >= 15 is 0 Å². The number of rotatable bonds is 21. The fraction of sp³-hybridized carbons (Fsp3) is 0.789. The Hall–Kier alpha value is -2.28. The maximum Gasteiger partial charge on any atom is 0.317 e. The Morgan fingerprint density at radius 2 is 0.935 bits per heavy atom. The Morgan fingerprint density at radius 3 is 1.32 bits per heavy atom. The molecule has 31 heavy (non-hydrogen) atoms. The second-order valence-electron chi connectivity index (χ2n) is 7.36. The number of aliphatic carboxylic acids is 4. The first-order valence-corrected chi connectivity index (χ1v) is 10.4. The van der Waals surface area contributed by atoms with E-state index in [4.69, 9.17) is 26.2 Å². The van der Waals surface area contributed by atoms with Crippen LogP contribution in [0.3, 0.4) is 0 Å². The zero-order valence-electron chi connectivity index (χ0n) is 17.9. The fourth-order valence-electron chi connectivity index (χ4n) is 3.16. The predicted octanol–water partition coefficient (Wildman–Crippen LogP) is -0.860. The van der Waals surface area contributed by atoms with Crippen LogP contribution in [0.4, 0.5) is 0 Å². The summed E-state index contributed by atoms with van der Waals surface area (Å²) in [6, 6.07) is 0. The van der Waals surface area contributed by atoms with Gasteiger partial charge in [-0.1, -0.05) is 6.42 Å². The molecule has 0 heterocycles. The van der Waals surface area contributed by atoms with Crippen LogP contribution in [0.25, 0.3) is 0 Å². The molecule has 12 heteroatoms. The minimum absolute atomic E-state index is 0.0778. The van der Waals surface area contributed by atoms with Gasteiger partial charge in [-0.05, 0) is 25.8 Å². The molecule has 0 aliphatic heterocycles. The minimum atomic E-state index is -0.997. The molecule has 0 unspecified atom stereocenters. The van der Waals surface area contributed by atoms with Gasteiger partial charge in [-0.2, -0.15) is 0 Å². The maximum absolute atomic E-state index is 11.2. The zero-order valence-corrected chi connectivity index (χ0v) is 17.9. The summed E-state index contributed by atoms with van der Waals surface area (Å²) in [6.07, 6.45) is 2.48. The molecular weight excluding hydrogens is 412 g/mol. The molecule has 6 N–H and O–H groups in total. The highest BCUT2D eigenvalue weighted by atomic mass is 16.4. The van der Waals surface area contributed by atoms with Gasteiger partial charge in [-0.3, -0.25) is 33.9 Å². The number of nitrogens with zero attached hydrogens (tertiary/aromatic N) is 3. The molecule has 180 valence electrons. The van der Waals surface area contributed by atoms with Crippen LogP contribution in [-0.2, 0) is 19.2 Å². The standard InChI is InChI=1S/C19H36N4O8/c20-6-10-21(13-17(26)27)8-4-9-23(15-19(30)31)12-11-22(14-18(28)29)7-3-1-2-5-16(24)25/h1-15,20H2,(H,24,25)(H,26,27)(H,28,29)(H,30,31). The van der Waals surface area contributed by atoms with Crippen LogP contribution in [-0.4, -0.2) is 124 Å². The highest BCUT2D eigenvalue weighted by molar-refractivity contribution is 5.69. The first kappa shape index (κ1) is 28.7. The summed E-state index contributed by atoms with van der Waals surface area (Å²) in [7, 11) is 0. The number of carboxylic acid groups (broad SMARTS) is 4. The van der Waals surface area contributed by atoms with Crippen LogP contribution in [0.5, 0.6) is 0 Å². The van der Waals surface area contributed by atoms with Gasteiger partial charge in [0.15, 0.2) is 0 Å². The van der Waals surface area contributed by atoms with Crippen molar-refractivity contribution >= 4 is 23.9 Å². The van der Waals surface area contributed by atoms with E-state index in [2.05, 4.69) is 0 Å². The molecule has 0 aliphatic rings. The highest BCUT2D eigenvalue weighted by Gasteiger charge is 2.15. The molecule has 0 bridgehead atoms. The first-order chi connectivity index (χ1) is 14.6. The SMILES string of the molecule is NCCN(CCCN(CCN(CCCCCC(=O)O)CC(=O)O)CC(=O)O)CC(=O)O. The van der Waals surface area contributed by atoms with E-state index in [1.807, 2.05) is 0 Å². The van der Waals surface area contributed by atoms with E-state index in [-0.39, 0.29) is 26.1 Å². The summed E-state index contributed by atoms with van der Waals surface area (Å²) in [4.78, 5) is 48.8. The second kappa shape index (κ2) is 17.4. The molecule has 0 aromatic carbocycles. The summed E-state index contributed by atoms with van der Waals surface area (Å²) in [5, 5.41) is 35.8.